The Kier molecular flexibility index (Phi) is 3.50. The van der Waals surface area contributed by atoms with Gasteiger partial charge in [-0.2, -0.15) is 0 Å². The van der Waals surface area contributed by atoms with Crippen molar-refractivity contribution in [3.8, 4) is 0 Å². The van der Waals surface area contributed by atoms with E-state index in [0.29, 0.717) is 6.04 Å². The van der Waals surface area contributed by atoms with Crippen molar-refractivity contribution in [1.29, 1.82) is 0 Å². The van der Waals surface area contributed by atoms with Crippen LogP contribution in [0.3, 0.4) is 0 Å². The number of anilines is 1. The third-order valence-corrected chi connectivity index (χ3v) is 2.93. The van der Waals surface area contributed by atoms with Crippen LogP contribution < -0.4 is 4.90 Å². The standard InChI is InChI=1S/C11H17N3O/c15-8-2-7-14(10-3-1-4-10)11-5-6-12-9-13-11/h5-6,9-10,15H,1-4,7-8H2. The molecule has 1 heterocycles. The minimum absolute atomic E-state index is 0.244. The second-order valence-electron chi connectivity index (χ2n) is 3.92. The van der Waals surface area contributed by atoms with Gasteiger partial charge < -0.3 is 10.0 Å². The van der Waals surface area contributed by atoms with Crippen LogP contribution in [-0.2, 0) is 0 Å². The molecule has 4 nitrogen and oxygen atoms in total. The maximum atomic E-state index is 8.88. The lowest BCUT2D eigenvalue weighted by molar-refractivity contribution is 0.282. The van der Waals surface area contributed by atoms with Gasteiger partial charge in [-0.1, -0.05) is 0 Å². The molecule has 15 heavy (non-hydrogen) atoms. The molecule has 1 saturated carbocycles. The molecule has 1 fully saturated rings. The van der Waals surface area contributed by atoms with Crippen molar-refractivity contribution in [2.75, 3.05) is 18.1 Å². The van der Waals surface area contributed by atoms with Gasteiger partial charge in [-0.15, -0.1) is 0 Å². The number of aliphatic hydroxyl groups is 1. The maximum absolute atomic E-state index is 8.88. The first-order chi connectivity index (χ1) is 7.42. The lowest BCUT2D eigenvalue weighted by Gasteiger charge is -2.38. The fourth-order valence-electron chi connectivity index (χ4n) is 1.88. The van der Waals surface area contributed by atoms with E-state index in [2.05, 4.69) is 14.9 Å². The second kappa shape index (κ2) is 5.07. The van der Waals surface area contributed by atoms with E-state index in [1.807, 2.05) is 6.07 Å². The Morgan fingerprint density at radius 1 is 1.47 bits per heavy atom. The number of rotatable bonds is 5. The fourth-order valence-corrected chi connectivity index (χ4v) is 1.88. The van der Waals surface area contributed by atoms with Crippen LogP contribution in [0, 0.1) is 0 Å². The molecule has 1 aromatic heterocycles. The van der Waals surface area contributed by atoms with E-state index < -0.39 is 0 Å². The third-order valence-electron chi connectivity index (χ3n) is 2.93. The number of hydrogen-bond donors (Lipinski definition) is 1. The molecule has 0 bridgehead atoms. The highest BCUT2D eigenvalue weighted by molar-refractivity contribution is 5.38. The van der Waals surface area contributed by atoms with Gasteiger partial charge >= 0.3 is 0 Å². The molecule has 1 aliphatic carbocycles. The lowest BCUT2D eigenvalue weighted by Crippen LogP contribution is -2.41. The largest absolute Gasteiger partial charge is 0.396 e. The molecule has 1 N–H and O–H groups in total. The van der Waals surface area contributed by atoms with Gasteiger partial charge in [0.25, 0.3) is 0 Å². The summed E-state index contributed by atoms with van der Waals surface area (Å²) in [5, 5.41) is 8.88. The second-order valence-corrected chi connectivity index (χ2v) is 3.92. The van der Waals surface area contributed by atoms with E-state index in [0.717, 1.165) is 18.8 Å². The molecule has 0 unspecified atom stereocenters. The Bertz CT molecular complexity index is 287. The summed E-state index contributed by atoms with van der Waals surface area (Å²) in [6.07, 6.45) is 7.96. The highest BCUT2D eigenvalue weighted by Gasteiger charge is 2.25. The SMILES string of the molecule is OCCCN(c1ccncn1)C1CCC1. The van der Waals surface area contributed by atoms with Crippen molar-refractivity contribution >= 4 is 5.82 Å². The fraction of sp³-hybridized carbons (Fsp3) is 0.636. The van der Waals surface area contributed by atoms with Crippen molar-refractivity contribution in [3.05, 3.63) is 18.6 Å². The Morgan fingerprint density at radius 3 is 2.87 bits per heavy atom. The van der Waals surface area contributed by atoms with Crippen molar-refractivity contribution in [3.63, 3.8) is 0 Å². The minimum atomic E-state index is 0.244. The van der Waals surface area contributed by atoms with E-state index in [4.69, 9.17) is 5.11 Å². The van der Waals surface area contributed by atoms with Gasteiger partial charge in [0.2, 0.25) is 0 Å². The Labute approximate surface area is 90.0 Å². The van der Waals surface area contributed by atoms with Gasteiger partial charge in [0.05, 0.1) is 0 Å². The third kappa shape index (κ3) is 2.45. The molecule has 0 amide bonds. The van der Waals surface area contributed by atoms with Crippen LogP contribution in [0.1, 0.15) is 25.7 Å². The van der Waals surface area contributed by atoms with Gasteiger partial charge in [0.15, 0.2) is 0 Å². The molecule has 0 atom stereocenters. The van der Waals surface area contributed by atoms with E-state index in [1.165, 1.54) is 19.3 Å². The van der Waals surface area contributed by atoms with Crippen LogP contribution in [0.2, 0.25) is 0 Å². The molecule has 2 rings (SSSR count). The topological polar surface area (TPSA) is 49.2 Å². The van der Waals surface area contributed by atoms with E-state index in [9.17, 15) is 0 Å². The van der Waals surface area contributed by atoms with Crippen LogP contribution >= 0.6 is 0 Å². The predicted octanol–water partition coefficient (Wildman–Crippen LogP) is 1.22. The molecule has 0 saturated heterocycles. The van der Waals surface area contributed by atoms with Crippen molar-refractivity contribution in [2.24, 2.45) is 0 Å². The number of aromatic nitrogens is 2. The first kappa shape index (κ1) is 10.4. The summed E-state index contributed by atoms with van der Waals surface area (Å²) in [6.45, 7) is 1.13. The zero-order chi connectivity index (χ0) is 10.5. The van der Waals surface area contributed by atoms with Crippen molar-refractivity contribution < 1.29 is 5.11 Å². The number of aliphatic hydroxyl groups excluding tert-OH is 1. The smallest absolute Gasteiger partial charge is 0.132 e. The minimum Gasteiger partial charge on any atom is -0.396 e. The van der Waals surface area contributed by atoms with Crippen LogP contribution in [0.15, 0.2) is 18.6 Å². The first-order valence-electron chi connectivity index (χ1n) is 5.55. The van der Waals surface area contributed by atoms with E-state index in [-0.39, 0.29) is 6.61 Å². The van der Waals surface area contributed by atoms with Crippen LogP contribution in [0.5, 0.6) is 0 Å². The van der Waals surface area contributed by atoms with Crippen LogP contribution in [0.25, 0.3) is 0 Å². The highest BCUT2D eigenvalue weighted by Crippen LogP contribution is 2.28. The summed E-state index contributed by atoms with van der Waals surface area (Å²) in [7, 11) is 0. The normalized spacial score (nSPS) is 16.1. The summed E-state index contributed by atoms with van der Waals surface area (Å²) >= 11 is 0. The molecule has 0 aromatic carbocycles. The van der Waals surface area contributed by atoms with Gasteiger partial charge in [-0.25, -0.2) is 9.97 Å². The van der Waals surface area contributed by atoms with Gasteiger partial charge in [0, 0.05) is 25.4 Å². The van der Waals surface area contributed by atoms with Crippen molar-refractivity contribution in [1.82, 2.24) is 9.97 Å². The predicted molar refractivity (Wildman–Crippen MR) is 58.7 cm³/mol. The molecule has 0 aliphatic heterocycles. The first-order valence-corrected chi connectivity index (χ1v) is 5.55. The quantitative estimate of drug-likeness (QED) is 0.788. The maximum Gasteiger partial charge on any atom is 0.132 e. The molecule has 0 radical (unpaired) electrons. The molecule has 1 aromatic rings. The molecule has 82 valence electrons. The zero-order valence-corrected chi connectivity index (χ0v) is 8.84. The molecule has 4 heteroatoms. The zero-order valence-electron chi connectivity index (χ0n) is 8.84. The summed E-state index contributed by atoms with van der Waals surface area (Å²) in [5.41, 5.74) is 0. The molecule has 0 spiro atoms. The summed E-state index contributed by atoms with van der Waals surface area (Å²) in [5.74, 6) is 0.989. The average molecular weight is 207 g/mol. The number of nitrogens with zero attached hydrogens (tertiary/aromatic N) is 3. The van der Waals surface area contributed by atoms with Crippen LogP contribution in [0.4, 0.5) is 5.82 Å². The Hall–Kier alpha value is -1.16. The average Bonchev–Trinajstić information content (AvgIpc) is 2.22. The summed E-state index contributed by atoms with van der Waals surface area (Å²) < 4.78 is 0. The molecule has 1 aliphatic rings. The van der Waals surface area contributed by atoms with E-state index >= 15 is 0 Å². The summed E-state index contributed by atoms with van der Waals surface area (Å²) in [6, 6.07) is 2.56. The number of hydrogen-bond acceptors (Lipinski definition) is 4. The van der Waals surface area contributed by atoms with E-state index in [1.54, 1.807) is 12.5 Å². The monoisotopic (exact) mass is 207 g/mol. The van der Waals surface area contributed by atoms with Gasteiger partial charge in [-0.05, 0) is 31.7 Å². The summed E-state index contributed by atoms with van der Waals surface area (Å²) in [4.78, 5) is 10.5. The molecular weight excluding hydrogens is 190 g/mol. The van der Waals surface area contributed by atoms with Gasteiger partial charge in [-0.3, -0.25) is 0 Å². The van der Waals surface area contributed by atoms with Crippen molar-refractivity contribution in [2.45, 2.75) is 31.7 Å². The lowest BCUT2D eigenvalue weighted by atomic mass is 9.91. The Morgan fingerprint density at radius 2 is 2.33 bits per heavy atom. The Balaban J connectivity index is 2.04. The van der Waals surface area contributed by atoms with Gasteiger partial charge in [0.1, 0.15) is 12.1 Å². The molecular formula is C11H17N3O. The highest BCUT2D eigenvalue weighted by atomic mass is 16.3. The van der Waals surface area contributed by atoms with Crippen LogP contribution in [-0.4, -0.2) is 34.3 Å².